The topological polar surface area (TPSA) is 64.9 Å². The van der Waals surface area contributed by atoms with Gasteiger partial charge in [-0.1, -0.05) is 6.07 Å². The van der Waals surface area contributed by atoms with Crippen molar-refractivity contribution in [3.05, 3.63) is 42.2 Å². The quantitative estimate of drug-likeness (QED) is 0.691. The summed E-state index contributed by atoms with van der Waals surface area (Å²) in [6.07, 6.45) is 3.28. The number of nitrogens with zero attached hydrogens (tertiary/aromatic N) is 2. The number of hydrogen-bond acceptors (Lipinski definition) is 4. The van der Waals surface area contributed by atoms with E-state index in [-0.39, 0.29) is 0 Å². The Bertz CT molecular complexity index is 688. The lowest BCUT2D eigenvalue weighted by molar-refractivity contribution is 0.619. The van der Waals surface area contributed by atoms with Crippen molar-refractivity contribution in [2.45, 2.75) is 6.92 Å². The number of fused-ring (bicyclic) bond motifs is 1. The van der Waals surface area contributed by atoms with E-state index in [0.29, 0.717) is 11.6 Å². The van der Waals surface area contributed by atoms with Gasteiger partial charge in [0.2, 0.25) is 5.89 Å². The van der Waals surface area contributed by atoms with Crippen molar-refractivity contribution in [2.75, 3.05) is 5.73 Å². The average molecular weight is 225 g/mol. The molecule has 0 aliphatic heterocycles. The number of nitrogen functional groups attached to an aromatic ring is 1. The van der Waals surface area contributed by atoms with Crippen LogP contribution in [0, 0.1) is 6.92 Å². The monoisotopic (exact) mass is 225 g/mol. The van der Waals surface area contributed by atoms with Gasteiger partial charge in [-0.15, -0.1) is 0 Å². The summed E-state index contributed by atoms with van der Waals surface area (Å²) < 4.78 is 5.68. The highest BCUT2D eigenvalue weighted by atomic mass is 16.3. The average Bonchev–Trinajstić information content (AvgIpc) is 2.72. The van der Waals surface area contributed by atoms with Crippen LogP contribution >= 0.6 is 0 Å². The number of nitrogens with two attached hydrogens (primary N) is 1. The van der Waals surface area contributed by atoms with Gasteiger partial charge in [0.05, 0.1) is 11.3 Å². The first-order valence-electron chi connectivity index (χ1n) is 5.30. The van der Waals surface area contributed by atoms with Crippen LogP contribution in [0.15, 0.2) is 41.1 Å². The predicted octanol–water partition coefficient (Wildman–Crippen LogP) is 2.78. The first-order valence-corrected chi connectivity index (χ1v) is 5.30. The number of benzene rings is 1. The van der Waals surface area contributed by atoms with Crippen LogP contribution in [0.1, 0.15) is 5.56 Å². The van der Waals surface area contributed by atoms with E-state index in [1.807, 2.05) is 25.1 Å². The van der Waals surface area contributed by atoms with Crippen molar-refractivity contribution in [1.82, 2.24) is 9.97 Å². The molecule has 0 spiro atoms. The fourth-order valence-electron chi connectivity index (χ4n) is 1.73. The van der Waals surface area contributed by atoms with Gasteiger partial charge in [0.1, 0.15) is 5.52 Å². The molecule has 0 amide bonds. The highest BCUT2D eigenvalue weighted by Crippen LogP contribution is 2.25. The lowest BCUT2D eigenvalue weighted by atomic mass is 10.2. The lowest BCUT2D eigenvalue weighted by Gasteiger charge is -1.95. The van der Waals surface area contributed by atoms with Crippen LogP contribution in [0.4, 0.5) is 5.69 Å². The van der Waals surface area contributed by atoms with Crippen molar-refractivity contribution >= 4 is 16.8 Å². The largest absolute Gasteiger partial charge is 0.436 e. The normalized spacial score (nSPS) is 10.9. The second kappa shape index (κ2) is 3.59. The van der Waals surface area contributed by atoms with Crippen LogP contribution in [-0.2, 0) is 0 Å². The zero-order valence-corrected chi connectivity index (χ0v) is 9.34. The van der Waals surface area contributed by atoms with Crippen molar-refractivity contribution < 1.29 is 4.42 Å². The Morgan fingerprint density at radius 1 is 1.18 bits per heavy atom. The summed E-state index contributed by atoms with van der Waals surface area (Å²) in [5, 5.41) is 0. The summed E-state index contributed by atoms with van der Waals surface area (Å²) in [6, 6.07) is 7.71. The molecule has 3 rings (SSSR count). The Morgan fingerprint density at radius 2 is 2.06 bits per heavy atom. The molecule has 0 bridgehead atoms. The number of aryl methyl sites for hydroxylation is 1. The van der Waals surface area contributed by atoms with Crippen LogP contribution in [0.5, 0.6) is 0 Å². The summed E-state index contributed by atoms with van der Waals surface area (Å²) in [6.45, 7) is 2.02. The van der Waals surface area contributed by atoms with E-state index < -0.39 is 0 Å². The number of pyridine rings is 1. The van der Waals surface area contributed by atoms with Gasteiger partial charge in [0.25, 0.3) is 0 Å². The molecule has 2 aromatic heterocycles. The minimum absolute atomic E-state index is 0.547. The fraction of sp³-hybridized carbons (Fsp3) is 0.0769. The molecule has 2 heterocycles. The molecule has 4 nitrogen and oxygen atoms in total. The molecule has 0 aliphatic rings. The van der Waals surface area contributed by atoms with Crippen LogP contribution in [0.3, 0.4) is 0 Å². The Morgan fingerprint density at radius 3 is 2.88 bits per heavy atom. The van der Waals surface area contributed by atoms with E-state index in [1.165, 1.54) is 0 Å². The first-order chi connectivity index (χ1) is 8.22. The second-order valence-electron chi connectivity index (χ2n) is 4.00. The van der Waals surface area contributed by atoms with Crippen molar-refractivity contribution in [1.29, 1.82) is 0 Å². The van der Waals surface area contributed by atoms with E-state index in [2.05, 4.69) is 9.97 Å². The molecule has 84 valence electrons. The Hall–Kier alpha value is -2.36. The van der Waals surface area contributed by atoms with Gasteiger partial charge < -0.3 is 10.2 Å². The molecular weight excluding hydrogens is 214 g/mol. The maximum Gasteiger partial charge on any atom is 0.228 e. The molecular formula is C13H11N3O. The van der Waals surface area contributed by atoms with Gasteiger partial charge in [-0.3, -0.25) is 4.98 Å². The van der Waals surface area contributed by atoms with Crippen LogP contribution < -0.4 is 5.73 Å². The zero-order chi connectivity index (χ0) is 11.8. The molecule has 17 heavy (non-hydrogen) atoms. The zero-order valence-electron chi connectivity index (χ0n) is 9.34. The first kappa shape index (κ1) is 9.84. The van der Waals surface area contributed by atoms with Gasteiger partial charge in [0, 0.05) is 12.4 Å². The Labute approximate surface area is 98.1 Å². The van der Waals surface area contributed by atoms with Crippen LogP contribution in [0.2, 0.25) is 0 Å². The van der Waals surface area contributed by atoms with E-state index in [9.17, 15) is 0 Å². The molecule has 0 saturated heterocycles. The molecule has 4 heteroatoms. The maximum atomic E-state index is 5.68. The van der Waals surface area contributed by atoms with E-state index >= 15 is 0 Å². The molecule has 1 aromatic carbocycles. The van der Waals surface area contributed by atoms with Gasteiger partial charge in [-0.25, -0.2) is 4.98 Å². The molecule has 0 atom stereocenters. The lowest BCUT2D eigenvalue weighted by Crippen LogP contribution is -1.87. The highest BCUT2D eigenvalue weighted by Gasteiger charge is 2.08. The van der Waals surface area contributed by atoms with Gasteiger partial charge >= 0.3 is 0 Å². The molecule has 0 aliphatic carbocycles. The number of anilines is 1. The fourth-order valence-corrected chi connectivity index (χ4v) is 1.73. The van der Waals surface area contributed by atoms with Crippen LogP contribution in [-0.4, -0.2) is 9.97 Å². The maximum absolute atomic E-state index is 5.68. The number of aromatic nitrogens is 2. The molecule has 2 N–H and O–H groups in total. The third-order valence-corrected chi connectivity index (χ3v) is 2.55. The minimum atomic E-state index is 0.547. The summed E-state index contributed by atoms with van der Waals surface area (Å²) in [5.41, 5.74) is 9.84. The Kier molecular flexibility index (Phi) is 2.08. The van der Waals surface area contributed by atoms with Crippen molar-refractivity contribution in [3.8, 4) is 11.5 Å². The van der Waals surface area contributed by atoms with Gasteiger partial charge in [-0.2, -0.15) is 0 Å². The van der Waals surface area contributed by atoms with E-state index in [1.54, 1.807) is 18.5 Å². The van der Waals surface area contributed by atoms with Crippen LogP contribution in [0.25, 0.3) is 22.6 Å². The van der Waals surface area contributed by atoms with E-state index in [0.717, 1.165) is 22.2 Å². The molecule has 0 saturated carbocycles. The number of hydrogen-bond donors (Lipinski definition) is 1. The molecule has 0 unspecified atom stereocenters. The summed E-state index contributed by atoms with van der Waals surface area (Å²) >= 11 is 0. The highest BCUT2D eigenvalue weighted by molar-refractivity contribution is 5.77. The number of rotatable bonds is 1. The SMILES string of the molecule is Cc1ccc2nc(-c3cncc(N)c3)oc2c1. The minimum Gasteiger partial charge on any atom is -0.436 e. The smallest absolute Gasteiger partial charge is 0.228 e. The Balaban J connectivity index is 2.18. The van der Waals surface area contributed by atoms with Gasteiger partial charge in [0.15, 0.2) is 5.58 Å². The van der Waals surface area contributed by atoms with Gasteiger partial charge in [-0.05, 0) is 30.7 Å². The summed E-state index contributed by atoms with van der Waals surface area (Å²) in [7, 11) is 0. The van der Waals surface area contributed by atoms with Crippen molar-refractivity contribution in [3.63, 3.8) is 0 Å². The number of oxazole rings is 1. The summed E-state index contributed by atoms with van der Waals surface area (Å²) in [5.74, 6) is 0.547. The third kappa shape index (κ3) is 1.73. The third-order valence-electron chi connectivity index (χ3n) is 2.55. The summed E-state index contributed by atoms with van der Waals surface area (Å²) in [4.78, 5) is 8.43. The standard InChI is InChI=1S/C13H11N3O/c1-8-2-3-11-12(4-8)17-13(16-11)9-5-10(14)7-15-6-9/h2-7H,14H2,1H3. The molecule has 0 fully saturated rings. The molecule has 3 aromatic rings. The predicted molar refractivity (Wildman–Crippen MR) is 66.4 cm³/mol. The van der Waals surface area contributed by atoms with Crippen molar-refractivity contribution in [2.24, 2.45) is 0 Å². The van der Waals surface area contributed by atoms with E-state index in [4.69, 9.17) is 10.2 Å². The molecule has 0 radical (unpaired) electrons. The second-order valence-corrected chi connectivity index (χ2v) is 4.00.